The van der Waals surface area contributed by atoms with E-state index in [1.54, 1.807) is 0 Å². The number of aromatic amines is 1. The normalized spacial score (nSPS) is 22.9. The lowest BCUT2D eigenvalue weighted by molar-refractivity contribution is -0.134. The summed E-state index contributed by atoms with van der Waals surface area (Å²) in [5, 5.41) is 4.06. The SMILES string of the molecule is Cc1cc(C2(c3nc4nc(N5CCC[C@@H](C(=O)N6CCCC6)C5)ccc4[nH]3)CC2)on1. The molecule has 31 heavy (non-hydrogen) atoms. The number of hydrogen-bond acceptors (Lipinski definition) is 6. The van der Waals surface area contributed by atoms with E-state index in [4.69, 9.17) is 14.5 Å². The zero-order chi connectivity index (χ0) is 21.0. The number of likely N-dealkylation sites (tertiary alicyclic amines) is 1. The minimum Gasteiger partial charge on any atom is -0.360 e. The number of carbonyl (C=O) groups is 1. The highest BCUT2D eigenvalue weighted by Gasteiger charge is 2.52. The Morgan fingerprint density at radius 2 is 2.00 bits per heavy atom. The summed E-state index contributed by atoms with van der Waals surface area (Å²) < 4.78 is 5.56. The van der Waals surface area contributed by atoms with Crippen molar-refractivity contribution < 1.29 is 9.32 Å². The molecule has 162 valence electrons. The van der Waals surface area contributed by atoms with Crippen LogP contribution in [0.15, 0.2) is 22.7 Å². The summed E-state index contributed by atoms with van der Waals surface area (Å²) >= 11 is 0. The second-order valence-corrected chi connectivity index (χ2v) is 9.36. The van der Waals surface area contributed by atoms with Gasteiger partial charge < -0.3 is 19.3 Å². The second kappa shape index (κ2) is 7.07. The van der Waals surface area contributed by atoms with E-state index in [2.05, 4.69) is 21.1 Å². The fraction of sp³-hybridized carbons (Fsp3) is 0.565. The average molecular weight is 421 g/mol. The number of H-pyrrole nitrogens is 1. The number of nitrogens with one attached hydrogen (secondary N) is 1. The minimum absolute atomic E-state index is 0.0727. The van der Waals surface area contributed by atoms with Crippen molar-refractivity contribution in [2.45, 2.75) is 50.9 Å². The van der Waals surface area contributed by atoms with Crippen LogP contribution in [0.4, 0.5) is 5.82 Å². The lowest BCUT2D eigenvalue weighted by Gasteiger charge is -2.34. The smallest absolute Gasteiger partial charge is 0.227 e. The van der Waals surface area contributed by atoms with Crippen LogP contribution < -0.4 is 4.90 Å². The summed E-state index contributed by atoms with van der Waals surface area (Å²) in [6, 6.07) is 6.11. The number of hydrogen-bond donors (Lipinski definition) is 1. The summed E-state index contributed by atoms with van der Waals surface area (Å²) in [5.41, 5.74) is 2.35. The monoisotopic (exact) mass is 420 g/mol. The first kappa shape index (κ1) is 18.8. The highest BCUT2D eigenvalue weighted by Crippen LogP contribution is 2.52. The Bertz CT molecular complexity index is 1120. The Morgan fingerprint density at radius 3 is 2.74 bits per heavy atom. The van der Waals surface area contributed by atoms with Crippen molar-refractivity contribution in [2.75, 3.05) is 31.1 Å². The summed E-state index contributed by atoms with van der Waals surface area (Å²) in [5.74, 6) is 3.09. The van der Waals surface area contributed by atoms with Gasteiger partial charge in [-0.1, -0.05) is 5.16 Å². The Hall–Kier alpha value is -2.90. The molecule has 1 atom stereocenters. The van der Waals surface area contributed by atoms with Crippen LogP contribution in [0.1, 0.15) is 55.8 Å². The van der Waals surface area contributed by atoms with Gasteiger partial charge in [0.05, 0.1) is 22.5 Å². The first-order chi connectivity index (χ1) is 15.1. The van der Waals surface area contributed by atoms with Gasteiger partial charge in [0.25, 0.3) is 0 Å². The van der Waals surface area contributed by atoms with Crippen LogP contribution in [0.25, 0.3) is 11.2 Å². The van der Waals surface area contributed by atoms with Gasteiger partial charge in [0.2, 0.25) is 5.91 Å². The molecule has 0 spiro atoms. The van der Waals surface area contributed by atoms with Crippen LogP contribution in [-0.4, -0.2) is 57.1 Å². The van der Waals surface area contributed by atoms with Gasteiger partial charge in [-0.05, 0) is 57.6 Å². The number of aromatic nitrogens is 4. The van der Waals surface area contributed by atoms with E-state index in [9.17, 15) is 4.79 Å². The topological polar surface area (TPSA) is 91.2 Å². The molecule has 8 heteroatoms. The third kappa shape index (κ3) is 3.20. The van der Waals surface area contributed by atoms with E-state index in [1.165, 1.54) is 0 Å². The second-order valence-electron chi connectivity index (χ2n) is 9.36. The highest BCUT2D eigenvalue weighted by atomic mass is 16.5. The molecule has 1 aliphatic carbocycles. The van der Waals surface area contributed by atoms with Gasteiger partial charge in [-0.25, -0.2) is 9.97 Å². The molecular weight excluding hydrogens is 392 g/mol. The third-order valence-electron chi connectivity index (χ3n) is 7.15. The van der Waals surface area contributed by atoms with Crippen molar-refractivity contribution in [3.05, 3.63) is 35.5 Å². The predicted octanol–water partition coefficient (Wildman–Crippen LogP) is 3.17. The molecule has 3 aromatic rings. The number of fused-ring (bicyclic) bond motifs is 1. The van der Waals surface area contributed by atoms with Crippen molar-refractivity contribution >= 4 is 22.9 Å². The highest BCUT2D eigenvalue weighted by molar-refractivity contribution is 5.80. The molecule has 1 saturated carbocycles. The molecule has 1 N–H and O–H groups in total. The molecule has 2 aliphatic heterocycles. The molecular formula is C23H28N6O2. The fourth-order valence-electron chi connectivity index (χ4n) is 5.18. The molecule has 8 nitrogen and oxygen atoms in total. The molecule has 3 aromatic heterocycles. The fourth-order valence-corrected chi connectivity index (χ4v) is 5.18. The number of imidazole rings is 1. The lowest BCUT2D eigenvalue weighted by atomic mass is 9.96. The minimum atomic E-state index is -0.194. The molecule has 5 heterocycles. The van der Waals surface area contributed by atoms with Crippen LogP contribution in [-0.2, 0) is 10.2 Å². The van der Waals surface area contributed by atoms with E-state index in [1.807, 2.05) is 24.0 Å². The van der Waals surface area contributed by atoms with Crippen LogP contribution in [0.2, 0.25) is 0 Å². The van der Waals surface area contributed by atoms with Crippen molar-refractivity contribution in [2.24, 2.45) is 5.92 Å². The molecule has 6 rings (SSSR count). The van der Waals surface area contributed by atoms with Gasteiger partial charge in [-0.2, -0.15) is 0 Å². The van der Waals surface area contributed by atoms with Crippen molar-refractivity contribution in [1.29, 1.82) is 0 Å². The van der Waals surface area contributed by atoms with E-state index < -0.39 is 0 Å². The maximum Gasteiger partial charge on any atom is 0.227 e. The Balaban J connectivity index is 1.24. The van der Waals surface area contributed by atoms with Crippen LogP contribution >= 0.6 is 0 Å². The number of piperidine rings is 1. The van der Waals surface area contributed by atoms with Crippen LogP contribution in [0.5, 0.6) is 0 Å². The first-order valence-corrected chi connectivity index (χ1v) is 11.5. The van der Waals surface area contributed by atoms with Gasteiger partial charge in [0.15, 0.2) is 11.4 Å². The summed E-state index contributed by atoms with van der Waals surface area (Å²) in [6.45, 7) is 5.45. The molecule has 3 fully saturated rings. The molecule has 2 saturated heterocycles. The van der Waals surface area contributed by atoms with E-state index >= 15 is 0 Å². The Labute approximate surface area is 181 Å². The number of amides is 1. The Morgan fingerprint density at radius 1 is 1.16 bits per heavy atom. The molecule has 0 radical (unpaired) electrons. The zero-order valence-electron chi connectivity index (χ0n) is 17.9. The third-order valence-corrected chi connectivity index (χ3v) is 7.15. The van der Waals surface area contributed by atoms with Gasteiger partial charge in [0.1, 0.15) is 11.6 Å². The van der Waals surface area contributed by atoms with Crippen molar-refractivity contribution in [3.8, 4) is 0 Å². The predicted molar refractivity (Wildman–Crippen MR) is 116 cm³/mol. The van der Waals surface area contributed by atoms with E-state index in [0.717, 1.165) is 99.0 Å². The summed E-state index contributed by atoms with van der Waals surface area (Å²) in [6.07, 6.45) is 6.26. The molecule has 3 aliphatic rings. The lowest BCUT2D eigenvalue weighted by Crippen LogP contribution is -2.44. The zero-order valence-corrected chi connectivity index (χ0v) is 17.9. The first-order valence-electron chi connectivity index (χ1n) is 11.5. The number of pyridine rings is 1. The van der Waals surface area contributed by atoms with Crippen molar-refractivity contribution in [3.63, 3.8) is 0 Å². The summed E-state index contributed by atoms with van der Waals surface area (Å²) in [4.78, 5) is 30.4. The number of aryl methyl sites for hydroxylation is 1. The number of anilines is 1. The standard InChI is InChI=1S/C23H28N6O2/c1-15-13-18(31-27-15)23(8-9-23)22-24-17-6-7-19(25-20(17)26-22)29-12-4-5-16(14-29)21(30)28-10-2-3-11-28/h6-7,13,16H,2-5,8-12,14H2,1H3,(H,24,25,26)/t16-/m1/s1. The quantitative estimate of drug-likeness (QED) is 0.697. The van der Waals surface area contributed by atoms with Gasteiger partial charge >= 0.3 is 0 Å². The van der Waals surface area contributed by atoms with E-state index in [0.29, 0.717) is 5.91 Å². The van der Waals surface area contributed by atoms with Crippen LogP contribution in [0, 0.1) is 12.8 Å². The molecule has 0 aromatic carbocycles. The number of carbonyl (C=O) groups excluding carboxylic acids is 1. The van der Waals surface area contributed by atoms with Gasteiger partial charge in [0, 0.05) is 32.2 Å². The average Bonchev–Trinajstić information content (AvgIpc) is 3.18. The maximum atomic E-state index is 12.9. The number of nitrogens with zero attached hydrogens (tertiary/aromatic N) is 5. The van der Waals surface area contributed by atoms with Gasteiger partial charge in [-0.3, -0.25) is 4.79 Å². The Kier molecular flexibility index (Phi) is 4.30. The largest absolute Gasteiger partial charge is 0.360 e. The van der Waals surface area contributed by atoms with Gasteiger partial charge in [-0.15, -0.1) is 0 Å². The summed E-state index contributed by atoms with van der Waals surface area (Å²) in [7, 11) is 0. The van der Waals surface area contributed by atoms with Crippen molar-refractivity contribution in [1.82, 2.24) is 25.0 Å². The molecule has 1 amide bonds. The van der Waals surface area contributed by atoms with Crippen LogP contribution in [0.3, 0.4) is 0 Å². The molecule has 0 unspecified atom stereocenters. The number of rotatable bonds is 4. The van der Waals surface area contributed by atoms with E-state index in [-0.39, 0.29) is 11.3 Å². The maximum absolute atomic E-state index is 12.9. The molecule has 0 bridgehead atoms.